The third-order valence-electron chi connectivity index (χ3n) is 4.42. The van der Waals surface area contributed by atoms with Crippen molar-refractivity contribution in [1.82, 2.24) is 0 Å². The second-order valence-electron chi connectivity index (χ2n) is 5.90. The van der Waals surface area contributed by atoms with Crippen molar-refractivity contribution in [2.75, 3.05) is 16.4 Å². The van der Waals surface area contributed by atoms with Crippen molar-refractivity contribution in [3.63, 3.8) is 0 Å². The largest absolute Gasteiger partial charge is 0.399 e. The van der Waals surface area contributed by atoms with Crippen LogP contribution in [0.15, 0.2) is 42.5 Å². The molecule has 0 bridgehead atoms. The lowest BCUT2D eigenvalue weighted by molar-refractivity contribution is -0.115. The molecule has 22 heavy (non-hydrogen) atoms. The molecule has 2 aromatic carbocycles. The number of hydrogen-bond donors (Lipinski definition) is 1. The van der Waals surface area contributed by atoms with Gasteiger partial charge in [0, 0.05) is 11.4 Å². The summed E-state index contributed by atoms with van der Waals surface area (Å²) >= 11 is 1.67. The lowest BCUT2D eigenvalue weighted by Gasteiger charge is -2.25. The van der Waals surface area contributed by atoms with E-state index in [1.807, 2.05) is 29.2 Å². The summed E-state index contributed by atoms with van der Waals surface area (Å²) in [6.07, 6.45) is 3.51. The number of anilines is 2. The van der Waals surface area contributed by atoms with Gasteiger partial charge in [0.15, 0.2) is 0 Å². The van der Waals surface area contributed by atoms with E-state index >= 15 is 0 Å². The van der Waals surface area contributed by atoms with Crippen molar-refractivity contribution < 1.29 is 4.79 Å². The highest BCUT2D eigenvalue weighted by molar-refractivity contribution is 8.00. The maximum atomic E-state index is 12.4. The fourth-order valence-corrected chi connectivity index (χ4v) is 4.54. The van der Waals surface area contributed by atoms with Gasteiger partial charge in [0.25, 0.3) is 0 Å². The standard InChI is InChI=1S/C18H18N2OS/c19-15-6-2-5-14(9-15)18-20(17(21)11-22-18)16-8-7-12-3-1-4-13(12)10-16/h2,5-10,18H,1,3-4,11,19H2/t18-/m0/s1. The van der Waals surface area contributed by atoms with E-state index in [0.717, 1.165) is 29.8 Å². The molecular formula is C18H18N2OS. The van der Waals surface area contributed by atoms with E-state index < -0.39 is 0 Å². The van der Waals surface area contributed by atoms with Crippen molar-refractivity contribution in [3.8, 4) is 0 Å². The summed E-state index contributed by atoms with van der Waals surface area (Å²) in [5.74, 6) is 0.701. The van der Waals surface area contributed by atoms with Gasteiger partial charge in [0.05, 0.1) is 5.75 Å². The maximum absolute atomic E-state index is 12.4. The number of nitrogens with two attached hydrogens (primary N) is 1. The number of nitrogen functional groups attached to an aromatic ring is 1. The molecule has 2 aromatic rings. The molecular weight excluding hydrogens is 292 g/mol. The number of thioether (sulfide) groups is 1. The monoisotopic (exact) mass is 310 g/mol. The Morgan fingerprint density at radius 1 is 1.09 bits per heavy atom. The van der Waals surface area contributed by atoms with Gasteiger partial charge >= 0.3 is 0 Å². The Balaban J connectivity index is 1.73. The summed E-state index contributed by atoms with van der Waals surface area (Å²) in [7, 11) is 0. The van der Waals surface area contributed by atoms with E-state index in [4.69, 9.17) is 5.73 Å². The molecule has 1 amide bonds. The van der Waals surface area contributed by atoms with Gasteiger partial charge in [-0.05, 0) is 60.2 Å². The molecule has 1 aliphatic carbocycles. The molecule has 0 spiro atoms. The van der Waals surface area contributed by atoms with E-state index in [-0.39, 0.29) is 11.3 Å². The highest BCUT2D eigenvalue weighted by Gasteiger charge is 2.34. The summed E-state index contributed by atoms with van der Waals surface area (Å²) in [4.78, 5) is 14.3. The average molecular weight is 310 g/mol. The number of carbonyl (C=O) groups is 1. The van der Waals surface area contributed by atoms with E-state index in [0.29, 0.717) is 5.75 Å². The number of aryl methyl sites for hydroxylation is 2. The number of hydrogen-bond acceptors (Lipinski definition) is 3. The smallest absolute Gasteiger partial charge is 0.238 e. The van der Waals surface area contributed by atoms with Crippen molar-refractivity contribution in [2.24, 2.45) is 0 Å². The molecule has 1 heterocycles. The second kappa shape index (κ2) is 5.36. The van der Waals surface area contributed by atoms with Crippen LogP contribution >= 0.6 is 11.8 Å². The Morgan fingerprint density at radius 3 is 2.82 bits per heavy atom. The zero-order valence-electron chi connectivity index (χ0n) is 12.3. The summed E-state index contributed by atoms with van der Waals surface area (Å²) in [5.41, 5.74) is 11.6. The first kappa shape index (κ1) is 13.7. The van der Waals surface area contributed by atoms with Crippen LogP contribution in [-0.2, 0) is 17.6 Å². The molecule has 0 radical (unpaired) electrons. The Hall–Kier alpha value is -1.94. The van der Waals surface area contributed by atoms with Crippen LogP contribution in [0, 0.1) is 0 Å². The van der Waals surface area contributed by atoms with Crippen molar-refractivity contribution in [3.05, 3.63) is 59.2 Å². The quantitative estimate of drug-likeness (QED) is 0.863. The molecule has 0 unspecified atom stereocenters. The fraction of sp³-hybridized carbons (Fsp3) is 0.278. The molecule has 1 saturated heterocycles. The van der Waals surface area contributed by atoms with Gasteiger partial charge < -0.3 is 5.73 Å². The Bertz CT molecular complexity index is 744. The van der Waals surface area contributed by atoms with Crippen LogP contribution in [0.2, 0.25) is 0 Å². The van der Waals surface area contributed by atoms with Crippen LogP contribution in [-0.4, -0.2) is 11.7 Å². The van der Waals surface area contributed by atoms with Crippen LogP contribution in [0.1, 0.15) is 28.5 Å². The summed E-state index contributed by atoms with van der Waals surface area (Å²) < 4.78 is 0. The van der Waals surface area contributed by atoms with Crippen LogP contribution in [0.4, 0.5) is 11.4 Å². The molecule has 0 aromatic heterocycles. The van der Waals surface area contributed by atoms with E-state index in [1.54, 1.807) is 11.8 Å². The predicted molar refractivity (Wildman–Crippen MR) is 92.0 cm³/mol. The van der Waals surface area contributed by atoms with E-state index in [9.17, 15) is 4.79 Å². The fourth-order valence-electron chi connectivity index (χ4n) is 3.37. The van der Waals surface area contributed by atoms with E-state index in [1.165, 1.54) is 17.5 Å². The van der Waals surface area contributed by atoms with Gasteiger partial charge in [0.2, 0.25) is 5.91 Å². The first-order valence-electron chi connectivity index (χ1n) is 7.63. The average Bonchev–Trinajstić information content (AvgIpc) is 3.12. The highest BCUT2D eigenvalue weighted by atomic mass is 32.2. The normalized spacial score (nSPS) is 20.5. The summed E-state index contributed by atoms with van der Waals surface area (Å²) in [6.45, 7) is 0. The molecule has 4 heteroatoms. The molecule has 1 atom stereocenters. The number of nitrogens with zero attached hydrogens (tertiary/aromatic N) is 1. The lowest BCUT2D eigenvalue weighted by atomic mass is 10.1. The molecule has 2 aliphatic rings. The second-order valence-corrected chi connectivity index (χ2v) is 6.97. The highest BCUT2D eigenvalue weighted by Crippen LogP contribution is 2.43. The lowest BCUT2D eigenvalue weighted by Crippen LogP contribution is -2.27. The zero-order valence-corrected chi connectivity index (χ0v) is 13.1. The SMILES string of the molecule is Nc1cccc([C@@H]2SCC(=O)N2c2ccc3c(c2)CCC3)c1. The minimum atomic E-state index is 0.0236. The molecule has 2 N–H and O–H groups in total. The van der Waals surface area contributed by atoms with E-state index in [2.05, 4.69) is 18.2 Å². The van der Waals surface area contributed by atoms with Gasteiger partial charge in [-0.25, -0.2) is 0 Å². The van der Waals surface area contributed by atoms with Crippen LogP contribution in [0.3, 0.4) is 0 Å². The zero-order chi connectivity index (χ0) is 15.1. The number of rotatable bonds is 2. The maximum Gasteiger partial charge on any atom is 0.238 e. The summed E-state index contributed by atoms with van der Waals surface area (Å²) in [6, 6.07) is 14.3. The molecule has 0 saturated carbocycles. The summed E-state index contributed by atoms with van der Waals surface area (Å²) in [5, 5.41) is 0.0236. The Labute approximate surface area is 134 Å². The molecule has 112 valence electrons. The first-order chi connectivity index (χ1) is 10.7. The molecule has 1 fully saturated rings. The number of fused-ring (bicyclic) bond motifs is 1. The Kier molecular flexibility index (Phi) is 3.34. The van der Waals surface area contributed by atoms with Crippen LogP contribution < -0.4 is 10.6 Å². The third kappa shape index (κ3) is 2.28. The van der Waals surface area contributed by atoms with Crippen LogP contribution in [0.5, 0.6) is 0 Å². The minimum absolute atomic E-state index is 0.0236. The third-order valence-corrected chi connectivity index (χ3v) is 5.64. The van der Waals surface area contributed by atoms with Crippen LogP contribution in [0.25, 0.3) is 0 Å². The van der Waals surface area contributed by atoms with Gasteiger partial charge in [-0.2, -0.15) is 0 Å². The number of amides is 1. The Morgan fingerprint density at radius 2 is 1.95 bits per heavy atom. The van der Waals surface area contributed by atoms with Crippen molar-refractivity contribution in [2.45, 2.75) is 24.6 Å². The van der Waals surface area contributed by atoms with Gasteiger partial charge in [-0.1, -0.05) is 18.2 Å². The molecule has 1 aliphatic heterocycles. The topological polar surface area (TPSA) is 46.3 Å². The first-order valence-corrected chi connectivity index (χ1v) is 8.68. The molecule has 4 rings (SSSR count). The van der Waals surface area contributed by atoms with Gasteiger partial charge in [0.1, 0.15) is 5.37 Å². The number of carbonyl (C=O) groups excluding carboxylic acids is 1. The van der Waals surface area contributed by atoms with Gasteiger partial charge in [-0.3, -0.25) is 9.69 Å². The number of benzene rings is 2. The van der Waals surface area contributed by atoms with Gasteiger partial charge in [-0.15, -0.1) is 11.8 Å². The minimum Gasteiger partial charge on any atom is -0.399 e. The predicted octanol–water partition coefficient (Wildman–Crippen LogP) is 3.54. The molecule has 3 nitrogen and oxygen atoms in total. The van der Waals surface area contributed by atoms with Crippen molar-refractivity contribution >= 4 is 29.0 Å². The van der Waals surface area contributed by atoms with Crippen molar-refractivity contribution in [1.29, 1.82) is 0 Å².